The summed E-state index contributed by atoms with van der Waals surface area (Å²) in [4.78, 5) is 20.4. The highest BCUT2D eigenvalue weighted by molar-refractivity contribution is 7.15. The molecular weight excluding hydrogens is 318 g/mol. The van der Waals surface area contributed by atoms with E-state index >= 15 is 0 Å². The Hall–Kier alpha value is -1.71. The number of thiazole rings is 1. The molecule has 3 rings (SSSR count). The van der Waals surface area contributed by atoms with Crippen molar-refractivity contribution in [3.8, 4) is 0 Å². The lowest BCUT2D eigenvalue weighted by Gasteiger charge is -2.41. The number of aromatic nitrogens is 2. The molecule has 1 aliphatic heterocycles. The van der Waals surface area contributed by atoms with Crippen molar-refractivity contribution >= 4 is 27.9 Å². The van der Waals surface area contributed by atoms with Crippen LogP contribution in [0.3, 0.4) is 0 Å². The van der Waals surface area contributed by atoms with E-state index in [4.69, 9.17) is 0 Å². The van der Waals surface area contributed by atoms with Crippen molar-refractivity contribution in [3.05, 3.63) is 21.7 Å². The highest BCUT2D eigenvalue weighted by atomic mass is 32.1. The summed E-state index contributed by atoms with van der Waals surface area (Å²) in [6.07, 6.45) is 1.68. The van der Waals surface area contributed by atoms with Crippen LogP contribution in [0.25, 0.3) is 4.96 Å². The highest BCUT2D eigenvalue weighted by Gasteiger charge is 2.34. The number of nitrogens with zero attached hydrogens (tertiary/aromatic N) is 5. The number of imidazole rings is 1. The van der Waals surface area contributed by atoms with Crippen LogP contribution in [0.4, 0.5) is 11.6 Å². The summed E-state index contributed by atoms with van der Waals surface area (Å²) in [5.74, 6) is 0.473. The van der Waals surface area contributed by atoms with Crippen molar-refractivity contribution in [2.75, 3.05) is 31.1 Å². The minimum absolute atomic E-state index is 0.0315. The molecule has 0 spiro atoms. The maximum atomic E-state index is 11.5. The number of aliphatic hydroxyl groups is 1. The fraction of sp³-hybridized carbons (Fsp3) is 0.643. The Morgan fingerprint density at radius 1 is 1.52 bits per heavy atom. The van der Waals surface area contributed by atoms with Crippen LogP contribution in [0.5, 0.6) is 0 Å². The van der Waals surface area contributed by atoms with Gasteiger partial charge in [-0.3, -0.25) is 4.90 Å². The molecule has 2 aromatic heterocycles. The molecule has 0 radical (unpaired) electrons. The monoisotopic (exact) mass is 339 g/mol. The van der Waals surface area contributed by atoms with Crippen molar-refractivity contribution in [3.63, 3.8) is 0 Å². The van der Waals surface area contributed by atoms with Crippen LogP contribution in [0.2, 0.25) is 0 Å². The molecule has 1 aliphatic rings. The molecule has 1 N–H and O–H groups in total. The third-order valence-corrected chi connectivity index (χ3v) is 4.74. The van der Waals surface area contributed by atoms with Crippen LogP contribution < -0.4 is 4.90 Å². The van der Waals surface area contributed by atoms with Crippen molar-refractivity contribution in [2.24, 2.45) is 0 Å². The predicted molar refractivity (Wildman–Crippen MR) is 89.3 cm³/mol. The zero-order valence-corrected chi connectivity index (χ0v) is 14.3. The number of rotatable bonds is 4. The van der Waals surface area contributed by atoms with Crippen molar-refractivity contribution in [1.29, 1.82) is 0 Å². The average molecular weight is 339 g/mol. The Labute approximate surface area is 138 Å². The molecule has 0 aliphatic carbocycles. The lowest BCUT2D eigenvalue weighted by molar-refractivity contribution is -0.389. The number of hydrogen-bond donors (Lipinski definition) is 1. The summed E-state index contributed by atoms with van der Waals surface area (Å²) in [5.41, 5.74) is -0.745. The lowest BCUT2D eigenvalue weighted by Crippen LogP contribution is -2.55. The largest absolute Gasteiger partial charge is 0.389 e. The fourth-order valence-electron chi connectivity index (χ4n) is 3.16. The van der Waals surface area contributed by atoms with Crippen LogP contribution in [-0.4, -0.2) is 62.1 Å². The van der Waals surface area contributed by atoms with Gasteiger partial charge in [-0.1, -0.05) is 11.3 Å². The molecule has 3 heterocycles. The van der Waals surface area contributed by atoms with E-state index in [1.807, 2.05) is 11.8 Å². The van der Waals surface area contributed by atoms with Crippen LogP contribution in [0.1, 0.15) is 20.8 Å². The molecule has 1 atom stereocenters. The van der Waals surface area contributed by atoms with E-state index in [0.29, 0.717) is 23.9 Å². The average Bonchev–Trinajstić information content (AvgIpc) is 2.95. The van der Waals surface area contributed by atoms with Gasteiger partial charge >= 0.3 is 5.82 Å². The van der Waals surface area contributed by atoms with Crippen LogP contribution in [0.15, 0.2) is 11.6 Å². The number of β-amino-alcohol motifs (C(OH)–C–C–N with tert-alkyl or cyclic N) is 1. The molecular formula is C14H21N5O3S. The first kappa shape index (κ1) is 16.2. The maximum absolute atomic E-state index is 11.5. The third-order valence-electron chi connectivity index (χ3n) is 3.99. The minimum atomic E-state index is -0.745. The van der Waals surface area contributed by atoms with Crippen LogP contribution >= 0.6 is 11.3 Å². The minimum Gasteiger partial charge on any atom is -0.389 e. The molecule has 0 amide bonds. The van der Waals surface area contributed by atoms with Gasteiger partial charge in [-0.05, 0) is 25.7 Å². The second kappa shape index (κ2) is 5.73. The molecule has 9 heteroatoms. The van der Waals surface area contributed by atoms with Gasteiger partial charge in [-0.15, -0.1) is 0 Å². The molecule has 1 fully saturated rings. The predicted octanol–water partition coefficient (Wildman–Crippen LogP) is 1.59. The molecule has 0 aromatic carbocycles. The number of piperazine rings is 1. The zero-order valence-electron chi connectivity index (χ0n) is 13.5. The van der Waals surface area contributed by atoms with E-state index < -0.39 is 5.60 Å². The third kappa shape index (κ3) is 3.17. The van der Waals surface area contributed by atoms with Crippen molar-refractivity contribution < 1.29 is 10.0 Å². The van der Waals surface area contributed by atoms with Gasteiger partial charge in [0.2, 0.25) is 5.82 Å². The summed E-state index contributed by atoms with van der Waals surface area (Å²) < 4.78 is 1.54. The van der Waals surface area contributed by atoms with Crippen molar-refractivity contribution in [2.45, 2.75) is 32.4 Å². The Morgan fingerprint density at radius 2 is 2.26 bits per heavy atom. The van der Waals surface area contributed by atoms with Gasteiger partial charge in [0.1, 0.15) is 6.20 Å². The lowest BCUT2D eigenvalue weighted by atomic mass is 10.1. The number of hydrogen-bond acceptors (Lipinski definition) is 7. The van der Waals surface area contributed by atoms with Gasteiger partial charge < -0.3 is 20.1 Å². The second-order valence-corrected chi connectivity index (χ2v) is 7.53. The Bertz CT molecular complexity index is 720. The molecule has 0 saturated carbocycles. The molecule has 2 aromatic rings. The van der Waals surface area contributed by atoms with Gasteiger partial charge in [-0.25, -0.2) is 0 Å². The van der Waals surface area contributed by atoms with Gasteiger partial charge in [0.25, 0.3) is 4.96 Å². The van der Waals surface area contributed by atoms with Crippen LogP contribution in [0, 0.1) is 10.1 Å². The number of nitro groups is 1. The Balaban J connectivity index is 1.85. The summed E-state index contributed by atoms with van der Waals surface area (Å²) in [7, 11) is 0. The Kier molecular flexibility index (Phi) is 4.03. The molecule has 0 bridgehead atoms. The van der Waals surface area contributed by atoms with E-state index in [1.165, 1.54) is 15.7 Å². The van der Waals surface area contributed by atoms with Crippen LogP contribution in [-0.2, 0) is 0 Å². The number of anilines is 1. The van der Waals surface area contributed by atoms with E-state index in [1.54, 1.807) is 25.4 Å². The Morgan fingerprint density at radius 3 is 2.87 bits per heavy atom. The van der Waals surface area contributed by atoms with Gasteiger partial charge in [0.15, 0.2) is 0 Å². The molecule has 8 nitrogen and oxygen atoms in total. The summed E-state index contributed by atoms with van der Waals surface area (Å²) >= 11 is 1.39. The highest BCUT2D eigenvalue weighted by Crippen LogP contribution is 2.33. The maximum Gasteiger partial charge on any atom is 0.373 e. The van der Waals surface area contributed by atoms with E-state index in [2.05, 4.69) is 9.88 Å². The standard InChI is InChI=1S/C14H21N5O3S/c1-10-8-16(9-14(2,3)20)4-5-17(10)11-12(19(21)22)18-6-7-23-13(18)15-11/h6-7,10,20H,4-5,8-9H2,1-3H3. The normalized spacial score (nSPS) is 20.3. The van der Waals surface area contributed by atoms with E-state index in [-0.39, 0.29) is 16.8 Å². The summed E-state index contributed by atoms with van der Waals surface area (Å²) in [6, 6.07) is 0.0920. The molecule has 1 unspecified atom stereocenters. The zero-order chi connectivity index (χ0) is 16.8. The summed E-state index contributed by atoms with van der Waals surface area (Å²) in [6.45, 7) is 8.35. The van der Waals surface area contributed by atoms with Gasteiger partial charge in [0.05, 0.1) is 5.60 Å². The fourth-order valence-corrected chi connectivity index (χ4v) is 3.87. The van der Waals surface area contributed by atoms with Gasteiger partial charge in [-0.2, -0.15) is 9.38 Å². The number of fused-ring (bicyclic) bond motifs is 1. The first-order chi connectivity index (χ1) is 10.8. The summed E-state index contributed by atoms with van der Waals surface area (Å²) in [5, 5.41) is 23.2. The first-order valence-corrected chi connectivity index (χ1v) is 8.45. The first-order valence-electron chi connectivity index (χ1n) is 7.57. The molecule has 126 valence electrons. The van der Waals surface area contributed by atoms with E-state index in [0.717, 1.165) is 13.1 Å². The SMILES string of the molecule is CC1CN(CC(C)(C)O)CCN1c1nc2sccn2c1[N+](=O)[O-]. The van der Waals surface area contributed by atoms with E-state index in [9.17, 15) is 15.2 Å². The smallest absolute Gasteiger partial charge is 0.373 e. The second-order valence-electron chi connectivity index (χ2n) is 6.66. The quantitative estimate of drug-likeness (QED) is 0.672. The molecule has 1 saturated heterocycles. The van der Waals surface area contributed by atoms with Gasteiger partial charge in [0, 0.05) is 37.6 Å². The molecule has 23 heavy (non-hydrogen) atoms. The van der Waals surface area contributed by atoms with Crippen molar-refractivity contribution in [1.82, 2.24) is 14.3 Å². The topological polar surface area (TPSA) is 87.2 Å².